The minimum atomic E-state index is 0.262. The maximum atomic E-state index is 5.66. The van der Waals surface area contributed by atoms with Crippen LogP contribution in [-0.2, 0) is 4.74 Å². The summed E-state index contributed by atoms with van der Waals surface area (Å²) in [5, 5.41) is 7.66. The van der Waals surface area contributed by atoms with Crippen molar-refractivity contribution in [2.24, 2.45) is 0 Å². The molecule has 0 amide bonds. The third-order valence-electron chi connectivity index (χ3n) is 2.62. The van der Waals surface area contributed by atoms with Crippen molar-refractivity contribution in [1.29, 1.82) is 0 Å². The van der Waals surface area contributed by atoms with E-state index in [1.165, 1.54) is 0 Å². The molecule has 2 aromatic rings. The Kier molecular flexibility index (Phi) is 2.10. The summed E-state index contributed by atoms with van der Waals surface area (Å²) in [5.41, 5.74) is 6.34. The lowest BCUT2D eigenvalue weighted by Gasteiger charge is -2.28. The van der Waals surface area contributed by atoms with E-state index >= 15 is 0 Å². The molecule has 0 unspecified atom stereocenters. The molecule has 1 aliphatic heterocycles. The number of nitrogens with one attached hydrogen (secondary N) is 1. The van der Waals surface area contributed by atoms with E-state index in [0.717, 1.165) is 24.3 Å². The minimum Gasteiger partial charge on any atom is -0.378 e. The molecule has 7 heteroatoms. The number of rotatable bonds is 1. The molecule has 3 N–H and O–H groups in total. The van der Waals surface area contributed by atoms with Gasteiger partial charge in [-0.2, -0.15) is 15.1 Å². The van der Waals surface area contributed by atoms with Crippen LogP contribution in [0.5, 0.6) is 0 Å². The number of hydrogen-bond donors (Lipinski definition) is 2. The van der Waals surface area contributed by atoms with E-state index in [1.807, 2.05) is 0 Å². The van der Waals surface area contributed by atoms with Crippen LogP contribution in [0.4, 0.5) is 11.8 Å². The second-order valence-corrected chi connectivity index (χ2v) is 3.64. The van der Waals surface area contributed by atoms with Gasteiger partial charge >= 0.3 is 0 Å². The summed E-state index contributed by atoms with van der Waals surface area (Å²) >= 11 is 0. The largest absolute Gasteiger partial charge is 0.378 e. The summed E-state index contributed by atoms with van der Waals surface area (Å²) in [7, 11) is 0. The number of aromatic nitrogens is 4. The maximum absolute atomic E-state index is 5.66. The van der Waals surface area contributed by atoms with Gasteiger partial charge in [-0.1, -0.05) is 0 Å². The number of nitrogens with zero attached hydrogens (tertiary/aromatic N) is 4. The first-order chi connectivity index (χ1) is 7.84. The van der Waals surface area contributed by atoms with Crippen LogP contribution in [0.15, 0.2) is 6.20 Å². The molecule has 0 saturated carbocycles. The lowest BCUT2D eigenvalue weighted by molar-refractivity contribution is 0.122. The molecule has 1 fully saturated rings. The van der Waals surface area contributed by atoms with Crippen LogP contribution in [0, 0.1) is 0 Å². The summed E-state index contributed by atoms with van der Waals surface area (Å²) in [6.45, 7) is 3.06. The SMILES string of the molecule is Nc1nc(N2CCOCC2)c2cn[nH]c2n1. The van der Waals surface area contributed by atoms with Gasteiger partial charge in [0.1, 0.15) is 5.82 Å². The van der Waals surface area contributed by atoms with Crippen molar-refractivity contribution < 1.29 is 4.74 Å². The third kappa shape index (κ3) is 1.45. The molecular weight excluding hydrogens is 208 g/mol. The molecule has 0 aromatic carbocycles. The molecule has 0 spiro atoms. The summed E-state index contributed by atoms with van der Waals surface area (Å²) in [6.07, 6.45) is 1.72. The molecule has 1 saturated heterocycles. The maximum Gasteiger partial charge on any atom is 0.224 e. The minimum absolute atomic E-state index is 0.262. The van der Waals surface area contributed by atoms with Gasteiger partial charge in [-0.05, 0) is 0 Å². The van der Waals surface area contributed by atoms with Crippen LogP contribution >= 0.6 is 0 Å². The van der Waals surface area contributed by atoms with Crippen molar-refractivity contribution >= 4 is 22.8 Å². The Morgan fingerprint density at radius 2 is 2.12 bits per heavy atom. The average molecular weight is 220 g/mol. The number of fused-ring (bicyclic) bond motifs is 1. The molecule has 7 nitrogen and oxygen atoms in total. The van der Waals surface area contributed by atoms with E-state index in [-0.39, 0.29) is 5.95 Å². The predicted molar refractivity (Wildman–Crippen MR) is 59.1 cm³/mol. The van der Waals surface area contributed by atoms with Crippen molar-refractivity contribution in [2.75, 3.05) is 36.9 Å². The number of nitrogens with two attached hydrogens (primary N) is 1. The molecule has 3 heterocycles. The summed E-state index contributed by atoms with van der Waals surface area (Å²) in [4.78, 5) is 10.5. The molecule has 0 atom stereocenters. The number of H-pyrrole nitrogens is 1. The zero-order chi connectivity index (χ0) is 11.0. The van der Waals surface area contributed by atoms with E-state index in [0.29, 0.717) is 18.9 Å². The van der Waals surface area contributed by atoms with Crippen LogP contribution in [0.1, 0.15) is 0 Å². The highest BCUT2D eigenvalue weighted by Gasteiger charge is 2.17. The Morgan fingerprint density at radius 1 is 1.31 bits per heavy atom. The Morgan fingerprint density at radius 3 is 2.94 bits per heavy atom. The van der Waals surface area contributed by atoms with E-state index in [1.54, 1.807) is 6.20 Å². The van der Waals surface area contributed by atoms with Gasteiger partial charge in [-0.25, -0.2) is 0 Å². The van der Waals surface area contributed by atoms with E-state index in [9.17, 15) is 0 Å². The van der Waals surface area contributed by atoms with Gasteiger partial charge in [0.25, 0.3) is 0 Å². The number of morpholine rings is 1. The average Bonchev–Trinajstić information content (AvgIpc) is 2.77. The highest BCUT2D eigenvalue weighted by Crippen LogP contribution is 2.23. The van der Waals surface area contributed by atoms with Crippen molar-refractivity contribution in [1.82, 2.24) is 20.2 Å². The molecular formula is C9H12N6O. The fraction of sp³-hybridized carbons (Fsp3) is 0.444. The Balaban J connectivity index is 2.09. The first-order valence-corrected chi connectivity index (χ1v) is 5.14. The Hall–Kier alpha value is -1.89. The normalized spacial score (nSPS) is 16.9. The molecule has 2 aromatic heterocycles. The van der Waals surface area contributed by atoms with Crippen molar-refractivity contribution in [2.45, 2.75) is 0 Å². The highest BCUT2D eigenvalue weighted by atomic mass is 16.5. The summed E-state index contributed by atoms with van der Waals surface area (Å²) < 4.78 is 5.31. The number of aromatic amines is 1. The molecule has 0 radical (unpaired) electrons. The van der Waals surface area contributed by atoms with E-state index in [2.05, 4.69) is 25.1 Å². The highest BCUT2D eigenvalue weighted by molar-refractivity contribution is 5.87. The van der Waals surface area contributed by atoms with Gasteiger partial charge < -0.3 is 15.4 Å². The lowest BCUT2D eigenvalue weighted by Crippen LogP contribution is -2.37. The third-order valence-corrected chi connectivity index (χ3v) is 2.62. The topological polar surface area (TPSA) is 93.0 Å². The van der Waals surface area contributed by atoms with Crippen molar-refractivity contribution in [3.05, 3.63) is 6.20 Å². The molecule has 16 heavy (non-hydrogen) atoms. The molecule has 84 valence electrons. The standard InChI is InChI=1S/C9H12N6O/c10-9-12-7-6(5-11-14-7)8(13-9)15-1-3-16-4-2-15/h5H,1-4H2,(H3,10,11,12,13,14). The quantitative estimate of drug-likeness (QED) is 0.689. The fourth-order valence-electron chi connectivity index (χ4n) is 1.85. The second-order valence-electron chi connectivity index (χ2n) is 3.64. The smallest absolute Gasteiger partial charge is 0.224 e. The molecule has 1 aliphatic rings. The monoisotopic (exact) mass is 220 g/mol. The number of ether oxygens (including phenoxy) is 1. The van der Waals surface area contributed by atoms with Gasteiger partial charge in [-0.15, -0.1) is 0 Å². The Bertz CT molecular complexity index is 504. The molecule has 0 bridgehead atoms. The van der Waals surface area contributed by atoms with Gasteiger partial charge in [0.15, 0.2) is 5.65 Å². The van der Waals surface area contributed by atoms with Crippen LogP contribution < -0.4 is 10.6 Å². The lowest BCUT2D eigenvalue weighted by atomic mass is 10.3. The van der Waals surface area contributed by atoms with Crippen molar-refractivity contribution in [3.63, 3.8) is 0 Å². The zero-order valence-corrected chi connectivity index (χ0v) is 8.68. The number of hydrogen-bond acceptors (Lipinski definition) is 6. The first kappa shape index (κ1) is 9.34. The van der Waals surface area contributed by atoms with Crippen LogP contribution in [-0.4, -0.2) is 46.5 Å². The van der Waals surface area contributed by atoms with Crippen LogP contribution in [0.3, 0.4) is 0 Å². The van der Waals surface area contributed by atoms with Crippen molar-refractivity contribution in [3.8, 4) is 0 Å². The van der Waals surface area contributed by atoms with Gasteiger partial charge in [-0.3, -0.25) is 5.10 Å². The Labute approximate surface area is 91.6 Å². The number of anilines is 2. The van der Waals surface area contributed by atoms with E-state index < -0.39 is 0 Å². The summed E-state index contributed by atoms with van der Waals surface area (Å²) in [6, 6.07) is 0. The zero-order valence-electron chi connectivity index (χ0n) is 8.68. The van der Waals surface area contributed by atoms with E-state index in [4.69, 9.17) is 10.5 Å². The first-order valence-electron chi connectivity index (χ1n) is 5.14. The van der Waals surface area contributed by atoms with Gasteiger partial charge in [0, 0.05) is 13.1 Å². The predicted octanol–water partition coefficient (Wildman–Crippen LogP) is -0.228. The molecule has 3 rings (SSSR count). The fourth-order valence-corrected chi connectivity index (χ4v) is 1.85. The number of nitrogen functional groups attached to an aromatic ring is 1. The summed E-state index contributed by atoms with van der Waals surface area (Å²) in [5.74, 6) is 1.10. The van der Waals surface area contributed by atoms with Crippen LogP contribution in [0.25, 0.3) is 11.0 Å². The molecule has 0 aliphatic carbocycles. The van der Waals surface area contributed by atoms with Crippen LogP contribution in [0.2, 0.25) is 0 Å². The second kappa shape index (κ2) is 3.60. The van der Waals surface area contributed by atoms with Gasteiger partial charge in [0.05, 0.1) is 24.8 Å². The van der Waals surface area contributed by atoms with Gasteiger partial charge in [0.2, 0.25) is 5.95 Å².